The molecule has 1 nitrogen and oxygen atoms in total. The minimum atomic E-state index is 0.916. The second kappa shape index (κ2) is 8.72. The van der Waals surface area contributed by atoms with E-state index in [0.29, 0.717) is 0 Å². The maximum absolute atomic E-state index is 6.17. The van der Waals surface area contributed by atoms with E-state index in [1.807, 2.05) is 12.1 Å². The van der Waals surface area contributed by atoms with Gasteiger partial charge in [0.25, 0.3) is 0 Å². The molecule has 0 aliphatic carbocycles. The highest BCUT2D eigenvalue weighted by Gasteiger charge is 2.18. The van der Waals surface area contributed by atoms with E-state index in [4.69, 9.17) is 4.42 Å². The fraction of sp³-hybridized carbons (Fsp3) is 0. The van der Waals surface area contributed by atoms with Crippen LogP contribution in [0.4, 0.5) is 0 Å². The first-order valence-corrected chi connectivity index (χ1v) is 13.4. The van der Waals surface area contributed by atoms with E-state index in [0.717, 1.165) is 21.9 Å². The van der Waals surface area contributed by atoms with Crippen molar-refractivity contribution in [1.82, 2.24) is 0 Å². The second-order valence-electron chi connectivity index (χ2n) is 10.1. The van der Waals surface area contributed by atoms with Crippen molar-refractivity contribution in [3.05, 3.63) is 146 Å². The molecule has 7 aromatic carbocycles. The molecule has 1 heteroatoms. The van der Waals surface area contributed by atoms with Crippen LogP contribution in [0.2, 0.25) is 0 Å². The number of para-hydroxylation sites is 1. The maximum Gasteiger partial charge on any atom is 0.135 e. The lowest BCUT2D eigenvalue weighted by molar-refractivity contribution is 0.669. The summed E-state index contributed by atoms with van der Waals surface area (Å²) in [5.74, 6) is 0. The molecule has 0 fully saturated rings. The Morgan fingerprint density at radius 2 is 0.795 bits per heavy atom. The average Bonchev–Trinajstić information content (AvgIpc) is 3.38. The van der Waals surface area contributed by atoms with Crippen LogP contribution in [0.5, 0.6) is 0 Å². The average molecular weight is 497 g/mol. The van der Waals surface area contributed by atoms with Gasteiger partial charge >= 0.3 is 0 Å². The molecule has 0 atom stereocenters. The van der Waals surface area contributed by atoms with E-state index in [1.54, 1.807) is 0 Å². The minimum Gasteiger partial charge on any atom is -0.456 e. The van der Waals surface area contributed by atoms with Crippen molar-refractivity contribution in [1.29, 1.82) is 0 Å². The summed E-state index contributed by atoms with van der Waals surface area (Å²) in [7, 11) is 0. The molecule has 0 N–H and O–H groups in total. The summed E-state index contributed by atoms with van der Waals surface area (Å²) in [5.41, 5.74) is 9.23. The number of rotatable bonds is 3. The molecule has 0 radical (unpaired) electrons. The molecule has 39 heavy (non-hydrogen) atoms. The number of benzene rings is 7. The molecular formula is C38H24O. The Morgan fingerprint density at radius 3 is 1.54 bits per heavy atom. The van der Waals surface area contributed by atoms with Gasteiger partial charge in [0, 0.05) is 10.8 Å². The standard InChI is InChI=1S/C38H24O/c1-3-11-25(12-4-1)27-19-21-32-34(23-27)38(28-20-22-36-33(24-28)29-15-9-10-18-35(29)39-36)31-17-8-7-16-30(31)37(32)26-13-5-2-6-14-26/h1-24H. The number of hydrogen-bond donors (Lipinski definition) is 0. The van der Waals surface area contributed by atoms with Crippen LogP contribution in [0.25, 0.3) is 76.9 Å². The fourth-order valence-electron chi connectivity index (χ4n) is 6.10. The minimum absolute atomic E-state index is 0.916. The Hall–Kier alpha value is -5.14. The van der Waals surface area contributed by atoms with Gasteiger partial charge in [-0.15, -0.1) is 0 Å². The summed E-state index contributed by atoms with van der Waals surface area (Å²) in [4.78, 5) is 0. The van der Waals surface area contributed by atoms with Crippen LogP contribution in [0.15, 0.2) is 150 Å². The zero-order chi connectivity index (χ0) is 25.8. The molecule has 0 bridgehead atoms. The normalized spacial score (nSPS) is 11.6. The van der Waals surface area contributed by atoms with Crippen LogP contribution in [0, 0.1) is 0 Å². The lowest BCUT2D eigenvalue weighted by Crippen LogP contribution is -1.91. The molecule has 8 rings (SSSR count). The van der Waals surface area contributed by atoms with Crippen LogP contribution in [-0.2, 0) is 0 Å². The fourth-order valence-corrected chi connectivity index (χ4v) is 6.10. The first-order chi connectivity index (χ1) is 19.3. The molecule has 0 aliphatic heterocycles. The van der Waals surface area contributed by atoms with Crippen LogP contribution >= 0.6 is 0 Å². The third kappa shape index (κ3) is 3.48. The van der Waals surface area contributed by atoms with Crippen LogP contribution in [-0.4, -0.2) is 0 Å². The Kier molecular flexibility index (Phi) is 4.89. The van der Waals surface area contributed by atoms with Gasteiger partial charge in [-0.05, 0) is 79.2 Å². The summed E-state index contributed by atoms with van der Waals surface area (Å²) in [6.45, 7) is 0. The smallest absolute Gasteiger partial charge is 0.135 e. The summed E-state index contributed by atoms with van der Waals surface area (Å²) in [5, 5.41) is 7.31. The lowest BCUT2D eigenvalue weighted by atomic mass is 9.84. The molecule has 182 valence electrons. The van der Waals surface area contributed by atoms with Crippen molar-refractivity contribution in [3.8, 4) is 33.4 Å². The third-order valence-electron chi connectivity index (χ3n) is 7.86. The molecule has 0 unspecified atom stereocenters. The Balaban J connectivity index is 1.52. The molecule has 8 aromatic rings. The van der Waals surface area contributed by atoms with Gasteiger partial charge in [-0.3, -0.25) is 0 Å². The SMILES string of the molecule is c1ccc(-c2ccc3c(-c4ccccc4)c4ccccc4c(-c4ccc5oc6ccccc6c5c4)c3c2)cc1. The van der Waals surface area contributed by atoms with Crippen LogP contribution < -0.4 is 0 Å². The highest BCUT2D eigenvalue weighted by atomic mass is 16.3. The maximum atomic E-state index is 6.17. The van der Waals surface area contributed by atoms with E-state index in [1.165, 1.54) is 54.9 Å². The van der Waals surface area contributed by atoms with Crippen molar-refractivity contribution >= 4 is 43.5 Å². The Labute approximate surface area is 226 Å². The molecule has 1 heterocycles. The van der Waals surface area contributed by atoms with Crippen LogP contribution in [0.1, 0.15) is 0 Å². The zero-order valence-corrected chi connectivity index (χ0v) is 21.3. The predicted octanol–water partition coefficient (Wildman–Crippen LogP) is 10.9. The topological polar surface area (TPSA) is 13.1 Å². The molecule has 1 aromatic heterocycles. The van der Waals surface area contributed by atoms with E-state index in [2.05, 4.69) is 133 Å². The Morgan fingerprint density at radius 1 is 0.282 bits per heavy atom. The van der Waals surface area contributed by atoms with Gasteiger partial charge in [0.1, 0.15) is 11.2 Å². The van der Waals surface area contributed by atoms with E-state index >= 15 is 0 Å². The van der Waals surface area contributed by atoms with Gasteiger partial charge in [-0.25, -0.2) is 0 Å². The summed E-state index contributed by atoms with van der Waals surface area (Å²) >= 11 is 0. The highest BCUT2D eigenvalue weighted by molar-refractivity contribution is 6.22. The molecule has 0 spiro atoms. The predicted molar refractivity (Wildman–Crippen MR) is 165 cm³/mol. The number of hydrogen-bond acceptors (Lipinski definition) is 1. The van der Waals surface area contributed by atoms with Crippen molar-refractivity contribution in [2.24, 2.45) is 0 Å². The Bertz CT molecular complexity index is 2150. The summed E-state index contributed by atoms with van der Waals surface area (Å²) < 4.78 is 6.17. The van der Waals surface area contributed by atoms with Crippen molar-refractivity contribution < 1.29 is 4.42 Å². The largest absolute Gasteiger partial charge is 0.456 e. The van der Waals surface area contributed by atoms with E-state index < -0.39 is 0 Å². The monoisotopic (exact) mass is 496 g/mol. The first-order valence-electron chi connectivity index (χ1n) is 13.4. The van der Waals surface area contributed by atoms with Crippen LogP contribution in [0.3, 0.4) is 0 Å². The van der Waals surface area contributed by atoms with Crippen molar-refractivity contribution in [2.75, 3.05) is 0 Å². The molecule has 0 saturated carbocycles. The van der Waals surface area contributed by atoms with Crippen molar-refractivity contribution in [2.45, 2.75) is 0 Å². The zero-order valence-electron chi connectivity index (χ0n) is 21.3. The van der Waals surface area contributed by atoms with Gasteiger partial charge in [-0.1, -0.05) is 121 Å². The van der Waals surface area contributed by atoms with Gasteiger partial charge in [0.15, 0.2) is 0 Å². The van der Waals surface area contributed by atoms with Gasteiger partial charge < -0.3 is 4.42 Å². The first kappa shape index (κ1) is 21.9. The highest BCUT2D eigenvalue weighted by Crippen LogP contribution is 2.45. The molecule has 0 saturated heterocycles. The van der Waals surface area contributed by atoms with E-state index in [-0.39, 0.29) is 0 Å². The second-order valence-corrected chi connectivity index (χ2v) is 10.1. The summed E-state index contributed by atoms with van der Waals surface area (Å²) in [6.07, 6.45) is 0. The number of fused-ring (bicyclic) bond motifs is 5. The molecular weight excluding hydrogens is 472 g/mol. The molecule has 0 amide bonds. The van der Waals surface area contributed by atoms with E-state index in [9.17, 15) is 0 Å². The molecule has 0 aliphatic rings. The van der Waals surface area contributed by atoms with Crippen molar-refractivity contribution in [3.63, 3.8) is 0 Å². The van der Waals surface area contributed by atoms with Gasteiger partial charge in [0.2, 0.25) is 0 Å². The third-order valence-corrected chi connectivity index (χ3v) is 7.86. The summed E-state index contributed by atoms with van der Waals surface area (Å²) in [6, 6.07) is 52.1. The van der Waals surface area contributed by atoms with Gasteiger partial charge in [-0.2, -0.15) is 0 Å². The lowest BCUT2D eigenvalue weighted by Gasteiger charge is -2.19. The quantitative estimate of drug-likeness (QED) is 0.222. The number of furan rings is 1. The van der Waals surface area contributed by atoms with Gasteiger partial charge in [0.05, 0.1) is 0 Å².